The number of rotatable bonds is 5. The van der Waals surface area contributed by atoms with Crippen LogP contribution in [0.5, 0.6) is 0 Å². The summed E-state index contributed by atoms with van der Waals surface area (Å²) in [6.45, 7) is 1.99. The van der Waals surface area contributed by atoms with E-state index in [2.05, 4.69) is 26.0 Å². The average molecular weight is 510 g/mol. The Kier molecular flexibility index (Phi) is 6.88. The van der Waals surface area contributed by atoms with E-state index in [9.17, 15) is 13.6 Å². The highest BCUT2D eigenvalue weighted by Crippen LogP contribution is 2.25. The molecule has 0 saturated heterocycles. The first kappa shape index (κ1) is 23.9. The number of carbonyl (C=O) groups is 1. The summed E-state index contributed by atoms with van der Waals surface area (Å²) in [6.07, 6.45) is 11.5. The maximum Gasteiger partial charge on any atom is 0.256 e. The quantitative estimate of drug-likeness (QED) is 0.395. The highest BCUT2D eigenvalue weighted by Gasteiger charge is 2.19. The molecule has 10 heteroatoms. The number of nitrogens with zero attached hydrogens (tertiary/aromatic N) is 4. The SMILES string of the molecule is Cc1cc2ccccc2n2c(SCC(=O)N=C3C=CC(=S(=O)(O)NC4CCCCC4)C=C3)nnc12. The molecule has 2 N–H and O–H groups in total. The van der Waals surface area contributed by atoms with Gasteiger partial charge in [-0.3, -0.25) is 9.20 Å². The first-order valence-corrected chi connectivity index (χ1v) is 14.2. The van der Waals surface area contributed by atoms with Crippen LogP contribution in [0.3, 0.4) is 0 Å². The lowest BCUT2D eigenvalue weighted by molar-refractivity contribution is -0.115. The summed E-state index contributed by atoms with van der Waals surface area (Å²) >= 11 is 1.28. The molecule has 5 rings (SSSR count). The van der Waals surface area contributed by atoms with E-state index in [1.54, 1.807) is 24.3 Å². The van der Waals surface area contributed by atoms with Gasteiger partial charge in [-0.15, -0.1) is 10.2 Å². The van der Waals surface area contributed by atoms with Crippen LogP contribution in [0, 0.1) is 6.92 Å². The minimum absolute atomic E-state index is 0.0540. The zero-order chi connectivity index (χ0) is 24.4. The smallest absolute Gasteiger partial charge is 0.256 e. The topological polar surface area (TPSA) is 109 Å². The molecule has 1 aromatic carbocycles. The van der Waals surface area contributed by atoms with Gasteiger partial charge in [-0.25, -0.2) is 13.9 Å². The largest absolute Gasteiger partial charge is 0.302 e. The number of hydrogen-bond donors (Lipinski definition) is 2. The molecule has 2 heterocycles. The Bertz CT molecular complexity index is 1490. The summed E-state index contributed by atoms with van der Waals surface area (Å²) in [4.78, 5) is 17.0. The summed E-state index contributed by atoms with van der Waals surface area (Å²) in [5.41, 5.74) is 3.20. The molecule has 0 aliphatic heterocycles. The fourth-order valence-electron chi connectivity index (χ4n) is 4.47. The van der Waals surface area contributed by atoms with Crippen molar-refractivity contribution in [2.75, 3.05) is 5.75 Å². The standard InChI is InChI=1S/C25H27N5O3S2/c1-17-15-18-7-5-6-10-22(18)30-24(17)27-28-25(30)34-16-23(31)26-19-11-13-21(14-12-19)35(32,33)29-20-8-3-2-4-9-20/h5-7,10-15,20H,2-4,8-9,16H2,1H3,(H2,29,32,33). The zero-order valence-electron chi connectivity index (χ0n) is 19.4. The van der Waals surface area contributed by atoms with Crippen LogP contribution in [-0.2, 0) is 14.8 Å². The highest BCUT2D eigenvalue weighted by atomic mass is 32.2. The number of thioether (sulfide) groups is 1. The lowest BCUT2D eigenvalue weighted by atomic mass is 9.96. The molecule has 0 radical (unpaired) electrons. The predicted molar refractivity (Wildman–Crippen MR) is 142 cm³/mol. The summed E-state index contributed by atoms with van der Waals surface area (Å²) in [5.74, 6) is -0.216. The van der Waals surface area contributed by atoms with Gasteiger partial charge in [0.05, 0.1) is 21.8 Å². The Morgan fingerprint density at radius 1 is 1.17 bits per heavy atom. The molecule has 182 valence electrons. The van der Waals surface area contributed by atoms with E-state index in [0.717, 1.165) is 47.8 Å². The van der Waals surface area contributed by atoms with Crippen molar-refractivity contribution in [1.82, 2.24) is 19.3 Å². The van der Waals surface area contributed by atoms with Crippen LogP contribution in [0.2, 0.25) is 0 Å². The monoisotopic (exact) mass is 509 g/mol. The van der Waals surface area contributed by atoms with E-state index >= 15 is 0 Å². The Hall–Kier alpha value is -2.79. The van der Waals surface area contributed by atoms with Crippen molar-refractivity contribution < 1.29 is 13.6 Å². The number of nitrogens with one attached hydrogen (secondary N) is 1. The van der Waals surface area contributed by atoms with Crippen LogP contribution in [-0.4, -0.2) is 51.6 Å². The van der Waals surface area contributed by atoms with Gasteiger partial charge in [0.2, 0.25) is 0 Å². The van der Waals surface area contributed by atoms with Gasteiger partial charge in [-0.2, -0.15) is 0 Å². The minimum atomic E-state index is -3.34. The molecule has 0 bridgehead atoms. The molecule has 1 fully saturated rings. The third kappa shape index (κ3) is 5.25. The van der Waals surface area contributed by atoms with Crippen molar-refractivity contribution in [3.8, 4) is 0 Å². The Morgan fingerprint density at radius 3 is 2.69 bits per heavy atom. The van der Waals surface area contributed by atoms with E-state index in [-0.39, 0.29) is 17.7 Å². The van der Waals surface area contributed by atoms with Gasteiger partial charge in [0, 0.05) is 6.04 Å². The number of pyridine rings is 1. The van der Waals surface area contributed by atoms with Gasteiger partial charge in [-0.1, -0.05) is 49.2 Å². The average Bonchev–Trinajstić information content (AvgIpc) is 3.29. The van der Waals surface area contributed by atoms with Crippen LogP contribution >= 0.6 is 11.8 Å². The van der Waals surface area contributed by atoms with Crippen molar-refractivity contribution >= 4 is 54.8 Å². The van der Waals surface area contributed by atoms with Crippen LogP contribution in [0.25, 0.3) is 16.6 Å². The maximum atomic E-state index is 12.8. The summed E-state index contributed by atoms with van der Waals surface area (Å²) in [5, 5.41) is 10.3. The molecule has 1 saturated carbocycles. The number of benzene rings is 1. The fourth-order valence-corrected chi connectivity index (χ4v) is 6.53. The second kappa shape index (κ2) is 10.1. The van der Waals surface area contributed by atoms with Crippen LogP contribution in [0.15, 0.2) is 64.8 Å². The molecular formula is C25H27N5O3S2. The molecule has 1 unspecified atom stereocenters. The van der Waals surface area contributed by atoms with Gasteiger partial charge < -0.3 is 4.55 Å². The number of allylic oxidation sites excluding steroid dienone is 4. The number of aliphatic imine (C=N–C) groups is 1. The number of carbonyl (C=O) groups excluding carboxylic acids is 1. The molecule has 2 aromatic heterocycles. The number of fused-ring (bicyclic) bond motifs is 3. The molecule has 1 atom stereocenters. The lowest BCUT2D eigenvalue weighted by Gasteiger charge is -2.24. The molecule has 3 aromatic rings. The lowest BCUT2D eigenvalue weighted by Crippen LogP contribution is -2.38. The molecular weight excluding hydrogens is 482 g/mol. The molecule has 35 heavy (non-hydrogen) atoms. The highest BCUT2D eigenvalue weighted by molar-refractivity contribution is 7.99. The van der Waals surface area contributed by atoms with E-state index in [1.165, 1.54) is 18.2 Å². The number of para-hydroxylation sites is 1. The molecule has 0 spiro atoms. The third-order valence-corrected chi connectivity index (χ3v) is 8.68. The summed E-state index contributed by atoms with van der Waals surface area (Å²) < 4.78 is 28.1. The van der Waals surface area contributed by atoms with E-state index in [1.807, 2.05) is 35.6 Å². The first-order valence-electron chi connectivity index (χ1n) is 11.7. The third-order valence-electron chi connectivity index (χ3n) is 6.20. The molecule has 1 amide bonds. The fraction of sp³-hybridized carbons (Fsp3) is 0.320. The predicted octanol–water partition coefficient (Wildman–Crippen LogP) is 4.14. The van der Waals surface area contributed by atoms with Crippen molar-refractivity contribution in [3.05, 3.63) is 60.2 Å². The second-order valence-electron chi connectivity index (χ2n) is 8.79. The van der Waals surface area contributed by atoms with E-state index in [4.69, 9.17) is 0 Å². The molecule has 8 nitrogen and oxygen atoms in total. The van der Waals surface area contributed by atoms with Crippen molar-refractivity contribution in [1.29, 1.82) is 0 Å². The van der Waals surface area contributed by atoms with Crippen LogP contribution in [0.4, 0.5) is 0 Å². The van der Waals surface area contributed by atoms with Gasteiger partial charge in [0.25, 0.3) is 5.91 Å². The van der Waals surface area contributed by atoms with Gasteiger partial charge >= 0.3 is 0 Å². The Morgan fingerprint density at radius 2 is 1.91 bits per heavy atom. The van der Waals surface area contributed by atoms with Gasteiger partial charge in [0.15, 0.2) is 20.8 Å². The number of hydrogen-bond acceptors (Lipinski definition) is 5. The summed E-state index contributed by atoms with van der Waals surface area (Å²) in [6, 6.07) is 10.1. The first-order chi connectivity index (χ1) is 16.9. The van der Waals surface area contributed by atoms with Gasteiger partial charge in [0.1, 0.15) is 0 Å². The molecule has 2 aliphatic rings. The number of aryl methyl sites for hydroxylation is 1. The van der Waals surface area contributed by atoms with Gasteiger partial charge in [-0.05, 0) is 67.2 Å². The summed E-state index contributed by atoms with van der Waals surface area (Å²) in [7, 11) is -3.34. The van der Waals surface area contributed by atoms with Crippen molar-refractivity contribution in [3.63, 3.8) is 0 Å². The van der Waals surface area contributed by atoms with Crippen LogP contribution < -0.4 is 4.72 Å². The Balaban J connectivity index is 1.28. The number of aromatic nitrogens is 3. The number of amides is 1. The normalized spacial score (nSPS) is 18.3. The second-order valence-corrected chi connectivity index (χ2v) is 11.5. The zero-order valence-corrected chi connectivity index (χ0v) is 21.0. The van der Waals surface area contributed by atoms with Crippen LogP contribution in [0.1, 0.15) is 37.7 Å². The maximum absolute atomic E-state index is 12.8. The minimum Gasteiger partial charge on any atom is -0.302 e. The van der Waals surface area contributed by atoms with E-state index < -0.39 is 9.99 Å². The molecule has 2 aliphatic carbocycles. The van der Waals surface area contributed by atoms with Crippen molar-refractivity contribution in [2.24, 2.45) is 4.99 Å². The Labute approximate surface area is 208 Å². The van der Waals surface area contributed by atoms with E-state index in [0.29, 0.717) is 15.7 Å². The van der Waals surface area contributed by atoms with Crippen molar-refractivity contribution in [2.45, 2.75) is 50.2 Å².